The van der Waals surface area contributed by atoms with Gasteiger partial charge in [0.2, 0.25) is 0 Å². The van der Waals surface area contributed by atoms with Crippen LogP contribution in [-0.4, -0.2) is 26.6 Å². The molecule has 0 rings (SSSR count). The van der Waals surface area contributed by atoms with Gasteiger partial charge in [-0.3, -0.25) is 0 Å². The van der Waals surface area contributed by atoms with E-state index < -0.39 is 8.32 Å². The predicted octanol–water partition coefficient (Wildman–Crippen LogP) is 5.12. The lowest BCUT2D eigenvalue weighted by atomic mass is 10.2. The lowest BCUT2D eigenvalue weighted by Gasteiger charge is -2.42. The monoisotopic (exact) mass is 288 g/mol. The fourth-order valence-electron chi connectivity index (χ4n) is 3.49. The summed E-state index contributed by atoms with van der Waals surface area (Å²) in [5.41, 5.74) is 2.05. The maximum Gasteiger partial charge on any atom is 0.200 e. The van der Waals surface area contributed by atoms with Crippen molar-refractivity contribution in [2.75, 3.05) is 13.2 Å². The van der Waals surface area contributed by atoms with Gasteiger partial charge in [0.05, 0.1) is 0 Å². The van der Waals surface area contributed by atoms with Gasteiger partial charge in [-0.1, -0.05) is 60.8 Å². The second-order valence-corrected chi connectivity index (χ2v) is 12.1. The zero-order valence-electron chi connectivity index (χ0n) is 14.0. The van der Waals surface area contributed by atoms with Gasteiger partial charge in [-0.25, -0.2) is 0 Å². The second kappa shape index (κ2) is 9.95. The van der Waals surface area contributed by atoms with Gasteiger partial charge in [0.15, 0.2) is 8.32 Å². The molecule has 116 valence electrons. The number of rotatable bonds is 11. The topological polar surface area (TPSA) is 29.5 Å². The van der Waals surface area contributed by atoms with Crippen molar-refractivity contribution >= 4 is 8.32 Å². The van der Waals surface area contributed by atoms with Crippen LogP contribution in [0.4, 0.5) is 0 Å². The molecule has 0 aromatic heterocycles. The van der Waals surface area contributed by atoms with Crippen LogP contribution in [0.5, 0.6) is 0 Å². The molecular weight excluding hydrogens is 252 g/mol. The summed E-state index contributed by atoms with van der Waals surface area (Å²) in [6.07, 6.45) is 5.73. The molecule has 0 aliphatic rings. The van der Waals surface area contributed by atoms with Crippen LogP contribution in [0.3, 0.4) is 0 Å². The molecule has 0 radical (unpaired) electrons. The summed E-state index contributed by atoms with van der Waals surface area (Å²) in [6.45, 7) is 15.3. The summed E-state index contributed by atoms with van der Waals surface area (Å²) in [6, 6.07) is 0. The maximum atomic E-state index is 8.74. The van der Waals surface area contributed by atoms with E-state index in [9.17, 15) is 0 Å². The van der Waals surface area contributed by atoms with Crippen molar-refractivity contribution in [3.05, 3.63) is 0 Å². The SMILES string of the molecule is CC(C)[Si](OCCCCCCCO)(C(C)C)C(C)C. The molecule has 3 heteroatoms. The second-order valence-electron chi connectivity index (χ2n) is 6.66. The molecule has 0 atom stereocenters. The van der Waals surface area contributed by atoms with Crippen LogP contribution >= 0.6 is 0 Å². The highest BCUT2D eigenvalue weighted by atomic mass is 28.4. The predicted molar refractivity (Wildman–Crippen MR) is 87.2 cm³/mol. The number of hydrogen-bond donors (Lipinski definition) is 1. The first-order chi connectivity index (χ1) is 8.89. The van der Waals surface area contributed by atoms with E-state index in [-0.39, 0.29) is 0 Å². The smallest absolute Gasteiger partial charge is 0.200 e. The number of aliphatic hydroxyl groups excluding tert-OH is 1. The minimum Gasteiger partial charge on any atom is -0.416 e. The van der Waals surface area contributed by atoms with E-state index in [1.54, 1.807) is 0 Å². The lowest BCUT2D eigenvalue weighted by Crippen LogP contribution is -2.47. The summed E-state index contributed by atoms with van der Waals surface area (Å²) >= 11 is 0. The molecule has 1 N–H and O–H groups in total. The van der Waals surface area contributed by atoms with Crippen LogP contribution in [0.2, 0.25) is 16.6 Å². The third-order valence-electron chi connectivity index (χ3n) is 4.36. The van der Waals surface area contributed by atoms with Crippen molar-refractivity contribution < 1.29 is 9.53 Å². The molecule has 2 nitrogen and oxygen atoms in total. The Bertz CT molecular complexity index is 193. The minimum absolute atomic E-state index is 0.334. The highest BCUT2D eigenvalue weighted by Gasteiger charge is 2.44. The van der Waals surface area contributed by atoms with Gasteiger partial charge in [0.25, 0.3) is 0 Å². The van der Waals surface area contributed by atoms with Gasteiger partial charge in [0, 0.05) is 13.2 Å². The van der Waals surface area contributed by atoms with Gasteiger partial charge in [0.1, 0.15) is 0 Å². The molecule has 0 spiro atoms. The minimum atomic E-state index is -1.64. The van der Waals surface area contributed by atoms with Crippen molar-refractivity contribution in [2.45, 2.75) is 90.3 Å². The van der Waals surface area contributed by atoms with E-state index >= 15 is 0 Å². The zero-order chi connectivity index (χ0) is 14.9. The summed E-state index contributed by atoms with van der Waals surface area (Å²) < 4.78 is 6.51. The van der Waals surface area contributed by atoms with Gasteiger partial charge < -0.3 is 9.53 Å². The molecule has 0 aliphatic carbocycles. The Labute approximate surface area is 122 Å². The van der Waals surface area contributed by atoms with Crippen molar-refractivity contribution in [3.8, 4) is 0 Å². The Kier molecular flexibility index (Phi) is 10.0. The van der Waals surface area contributed by atoms with Crippen LogP contribution in [-0.2, 0) is 4.43 Å². The number of aliphatic hydroxyl groups is 1. The molecule has 19 heavy (non-hydrogen) atoms. The van der Waals surface area contributed by atoms with Gasteiger partial charge in [-0.05, 0) is 29.5 Å². The van der Waals surface area contributed by atoms with E-state index in [4.69, 9.17) is 9.53 Å². The van der Waals surface area contributed by atoms with Crippen LogP contribution in [0, 0.1) is 0 Å². The van der Waals surface area contributed by atoms with Crippen LogP contribution in [0.1, 0.15) is 73.6 Å². The normalized spacial score (nSPS) is 12.9. The van der Waals surface area contributed by atoms with Crippen LogP contribution < -0.4 is 0 Å². The standard InChI is InChI=1S/C16H36O2Si/c1-14(2)19(15(3)4,16(5)6)18-13-11-9-7-8-10-12-17/h14-17H,7-13H2,1-6H3. The third-order valence-corrected chi connectivity index (χ3v) is 10.5. The third kappa shape index (κ3) is 5.97. The Hall–Kier alpha value is 0.137. The molecular formula is C16H36O2Si. The van der Waals surface area contributed by atoms with Crippen molar-refractivity contribution in [2.24, 2.45) is 0 Å². The maximum absolute atomic E-state index is 8.74. The largest absolute Gasteiger partial charge is 0.416 e. The van der Waals surface area contributed by atoms with E-state index in [0.717, 1.165) is 19.4 Å². The average molecular weight is 289 g/mol. The summed E-state index contributed by atoms with van der Waals surface area (Å²) in [4.78, 5) is 0. The molecule has 0 aromatic carbocycles. The quantitative estimate of drug-likeness (QED) is 0.422. The first-order valence-corrected chi connectivity index (χ1v) is 10.3. The molecule has 0 amide bonds. The summed E-state index contributed by atoms with van der Waals surface area (Å²) in [7, 11) is -1.64. The first kappa shape index (κ1) is 19.1. The summed E-state index contributed by atoms with van der Waals surface area (Å²) in [5, 5.41) is 8.74. The molecule has 0 aliphatic heterocycles. The first-order valence-electron chi connectivity index (χ1n) is 8.14. The molecule has 0 bridgehead atoms. The van der Waals surface area contributed by atoms with Crippen molar-refractivity contribution in [1.82, 2.24) is 0 Å². The lowest BCUT2D eigenvalue weighted by molar-refractivity contribution is 0.263. The molecule has 0 fully saturated rings. The van der Waals surface area contributed by atoms with Crippen molar-refractivity contribution in [1.29, 1.82) is 0 Å². The van der Waals surface area contributed by atoms with E-state index in [1.165, 1.54) is 19.3 Å². The van der Waals surface area contributed by atoms with E-state index in [1.807, 2.05) is 0 Å². The van der Waals surface area contributed by atoms with E-state index in [2.05, 4.69) is 41.5 Å². The Morgan fingerprint density at radius 2 is 1.16 bits per heavy atom. The van der Waals surface area contributed by atoms with E-state index in [0.29, 0.717) is 23.2 Å². The highest BCUT2D eigenvalue weighted by Crippen LogP contribution is 2.42. The molecule has 0 aromatic rings. The average Bonchev–Trinajstić information content (AvgIpc) is 2.31. The Morgan fingerprint density at radius 3 is 1.58 bits per heavy atom. The zero-order valence-corrected chi connectivity index (χ0v) is 15.0. The van der Waals surface area contributed by atoms with Crippen LogP contribution in [0.25, 0.3) is 0 Å². The molecule has 0 saturated carbocycles. The molecule has 0 heterocycles. The Morgan fingerprint density at radius 1 is 0.737 bits per heavy atom. The molecule has 0 unspecified atom stereocenters. The van der Waals surface area contributed by atoms with Gasteiger partial charge in [-0.15, -0.1) is 0 Å². The highest BCUT2D eigenvalue weighted by molar-refractivity contribution is 6.77. The van der Waals surface area contributed by atoms with Crippen molar-refractivity contribution in [3.63, 3.8) is 0 Å². The Balaban J connectivity index is 4.14. The van der Waals surface area contributed by atoms with Crippen LogP contribution in [0.15, 0.2) is 0 Å². The van der Waals surface area contributed by atoms with Gasteiger partial charge in [-0.2, -0.15) is 0 Å². The number of unbranched alkanes of at least 4 members (excludes halogenated alkanes) is 4. The number of hydrogen-bond acceptors (Lipinski definition) is 2. The fraction of sp³-hybridized carbons (Fsp3) is 1.00. The molecule has 0 saturated heterocycles. The fourth-order valence-corrected chi connectivity index (χ4v) is 8.99. The summed E-state index contributed by atoms with van der Waals surface area (Å²) in [5.74, 6) is 0. The van der Waals surface area contributed by atoms with Gasteiger partial charge >= 0.3 is 0 Å².